The summed E-state index contributed by atoms with van der Waals surface area (Å²) in [6.45, 7) is 10.2. The van der Waals surface area contributed by atoms with Gasteiger partial charge in [-0.1, -0.05) is 50.2 Å². The van der Waals surface area contributed by atoms with Crippen LogP contribution < -0.4 is 5.32 Å². The maximum Gasteiger partial charge on any atom is 0.248 e. The van der Waals surface area contributed by atoms with E-state index >= 15 is 0 Å². The molecule has 0 bridgehead atoms. The van der Waals surface area contributed by atoms with Crippen molar-refractivity contribution in [2.45, 2.75) is 64.8 Å². The van der Waals surface area contributed by atoms with E-state index in [4.69, 9.17) is 4.52 Å². The molecule has 0 saturated carbocycles. The molecule has 3 rings (SSSR count). The van der Waals surface area contributed by atoms with E-state index in [-0.39, 0.29) is 28.7 Å². The van der Waals surface area contributed by atoms with Gasteiger partial charge in [-0.15, -0.1) is 0 Å². The molecule has 170 valence electrons. The topological polar surface area (TPSA) is 92.5 Å². The van der Waals surface area contributed by atoms with Gasteiger partial charge in [-0.25, -0.2) is 8.42 Å². The Balaban J connectivity index is 1.65. The monoisotopic (exact) mass is 447 g/mol. The molecule has 2 heterocycles. The Morgan fingerprint density at radius 3 is 2.29 bits per heavy atom. The molecule has 2 aromatic rings. The Morgan fingerprint density at radius 2 is 1.81 bits per heavy atom. The summed E-state index contributed by atoms with van der Waals surface area (Å²) in [5.74, 6) is 0.336. The molecule has 0 radical (unpaired) electrons. The molecule has 0 spiro atoms. The van der Waals surface area contributed by atoms with Gasteiger partial charge in [-0.3, -0.25) is 4.79 Å². The number of piperidine rings is 1. The second kappa shape index (κ2) is 9.53. The van der Waals surface area contributed by atoms with Crippen molar-refractivity contribution in [2.24, 2.45) is 11.8 Å². The number of nitrogens with one attached hydrogen (secondary N) is 1. The number of amides is 1. The SMILES string of the molecule is CCc1ccc(C(NC(=O)C2CCN(S(=O)(=O)c3c(C)noc3C)CC2)C(C)C)cc1. The van der Waals surface area contributed by atoms with Gasteiger partial charge in [0.15, 0.2) is 5.76 Å². The Hall–Kier alpha value is -2.19. The van der Waals surface area contributed by atoms with Crippen LogP contribution in [-0.4, -0.2) is 36.9 Å². The van der Waals surface area contributed by atoms with Gasteiger partial charge in [0, 0.05) is 19.0 Å². The van der Waals surface area contributed by atoms with Crippen molar-refractivity contribution in [1.29, 1.82) is 0 Å². The number of hydrogen-bond acceptors (Lipinski definition) is 5. The fourth-order valence-corrected chi connectivity index (χ4v) is 5.96. The summed E-state index contributed by atoms with van der Waals surface area (Å²) >= 11 is 0. The highest BCUT2D eigenvalue weighted by molar-refractivity contribution is 7.89. The normalized spacial score (nSPS) is 17.1. The molecule has 1 atom stereocenters. The molecule has 1 saturated heterocycles. The van der Waals surface area contributed by atoms with Gasteiger partial charge < -0.3 is 9.84 Å². The maximum atomic E-state index is 13.0. The average molecular weight is 448 g/mol. The number of aryl methyl sites for hydroxylation is 3. The lowest BCUT2D eigenvalue weighted by Crippen LogP contribution is -2.44. The van der Waals surface area contributed by atoms with Gasteiger partial charge in [0.05, 0.1) is 6.04 Å². The van der Waals surface area contributed by atoms with Gasteiger partial charge in [0.25, 0.3) is 0 Å². The fourth-order valence-electron chi connectivity index (χ4n) is 4.20. The minimum absolute atomic E-state index is 0.00680. The molecule has 8 heteroatoms. The minimum atomic E-state index is -3.67. The molecule has 1 N–H and O–H groups in total. The first-order valence-corrected chi connectivity index (χ1v) is 12.4. The van der Waals surface area contributed by atoms with Gasteiger partial charge in [-0.2, -0.15) is 4.31 Å². The van der Waals surface area contributed by atoms with Crippen molar-refractivity contribution in [1.82, 2.24) is 14.8 Å². The Labute approximate surface area is 185 Å². The van der Waals surface area contributed by atoms with Crippen LogP contribution in [0.1, 0.15) is 62.2 Å². The smallest absolute Gasteiger partial charge is 0.248 e. The third kappa shape index (κ3) is 5.01. The zero-order chi connectivity index (χ0) is 22.8. The van der Waals surface area contributed by atoms with Crippen LogP contribution >= 0.6 is 0 Å². The van der Waals surface area contributed by atoms with Gasteiger partial charge >= 0.3 is 0 Å². The summed E-state index contributed by atoms with van der Waals surface area (Å²) in [4.78, 5) is 13.1. The minimum Gasteiger partial charge on any atom is -0.360 e. The highest BCUT2D eigenvalue weighted by atomic mass is 32.2. The van der Waals surface area contributed by atoms with E-state index in [9.17, 15) is 13.2 Å². The molecule has 0 aliphatic carbocycles. The standard InChI is InChI=1S/C23H33N3O4S/c1-6-18-7-9-19(10-8-18)21(15(2)3)24-23(27)20-11-13-26(14-12-20)31(28,29)22-16(4)25-30-17(22)5/h7-10,15,20-21H,6,11-14H2,1-5H3,(H,24,27). The summed E-state index contributed by atoms with van der Waals surface area (Å²) in [5, 5.41) is 6.97. The van der Waals surface area contributed by atoms with Crippen molar-refractivity contribution < 1.29 is 17.7 Å². The first-order chi connectivity index (χ1) is 14.6. The fraction of sp³-hybridized carbons (Fsp3) is 0.565. The molecule has 1 aliphatic heterocycles. The predicted molar refractivity (Wildman–Crippen MR) is 119 cm³/mol. The Morgan fingerprint density at radius 1 is 1.19 bits per heavy atom. The van der Waals surface area contributed by atoms with Crippen LogP contribution in [0.3, 0.4) is 0 Å². The predicted octanol–water partition coefficient (Wildman–Crippen LogP) is 3.77. The zero-order valence-corrected chi connectivity index (χ0v) is 19.8. The van der Waals surface area contributed by atoms with Crippen LogP contribution in [0.15, 0.2) is 33.7 Å². The Kier molecular flexibility index (Phi) is 7.21. The number of aromatic nitrogens is 1. The van der Waals surface area contributed by atoms with Crippen LogP contribution in [0.4, 0.5) is 0 Å². The molecule has 1 amide bonds. The number of nitrogens with zero attached hydrogens (tertiary/aromatic N) is 2. The second-order valence-electron chi connectivity index (χ2n) is 8.66. The molecule has 1 aliphatic rings. The van der Waals surface area contributed by atoms with Crippen LogP contribution in [-0.2, 0) is 21.2 Å². The molecule has 7 nitrogen and oxygen atoms in total. The van der Waals surface area contributed by atoms with Crippen molar-refractivity contribution in [2.75, 3.05) is 13.1 Å². The number of carbonyl (C=O) groups is 1. The molecule has 31 heavy (non-hydrogen) atoms. The third-order valence-corrected chi connectivity index (χ3v) is 8.25. The van der Waals surface area contributed by atoms with Gasteiger partial charge in [0.1, 0.15) is 10.6 Å². The molecular formula is C23H33N3O4S. The largest absolute Gasteiger partial charge is 0.360 e. The van der Waals surface area contributed by atoms with E-state index in [1.165, 1.54) is 9.87 Å². The van der Waals surface area contributed by atoms with Crippen LogP contribution in [0.2, 0.25) is 0 Å². The summed E-state index contributed by atoms with van der Waals surface area (Å²) in [7, 11) is -3.67. The van der Waals surface area contributed by atoms with Crippen LogP contribution in [0, 0.1) is 25.7 Å². The maximum absolute atomic E-state index is 13.0. The molecule has 1 unspecified atom stereocenters. The van der Waals surface area contributed by atoms with E-state index in [2.05, 4.69) is 55.5 Å². The number of carbonyl (C=O) groups excluding carboxylic acids is 1. The summed E-state index contributed by atoms with van der Waals surface area (Å²) in [6.07, 6.45) is 1.97. The van der Waals surface area contributed by atoms with Gasteiger partial charge in [0.2, 0.25) is 15.9 Å². The molecular weight excluding hydrogens is 414 g/mol. The zero-order valence-electron chi connectivity index (χ0n) is 19.0. The lowest BCUT2D eigenvalue weighted by atomic mass is 9.92. The number of benzene rings is 1. The van der Waals surface area contributed by atoms with E-state index < -0.39 is 10.0 Å². The Bertz CT molecular complexity index is 984. The van der Waals surface area contributed by atoms with Crippen LogP contribution in [0.25, 0.3) is 0 Å². The first kappa shape index (κ1) is 23.5. The summed E-state index contributed by atoms with van der Waals surface area (Å²) < 4.78 is 32.5. The van der Waals surface area contributed by atoms with Crippen molar-refractivity contribution >= 4 is 15.9 Å². The molecule has 1 aromatic heterocycles. The van der Waals surface area contributed by atoms with Crippen molar-refractivity contribution in [3.05, 3.63) is 46.8 Å². The summed E-state index contributed by atoms with van der Waals surface area (Å²) in [5.41, 5.74) is 2.73. The second-order valence-corrected chi connectivity index (χ2v) is 10.5. The number of sulfonamides is 1. The summed E-state index contributed by atoms with van der Waals surface area (Å²) in [6, 6.07) is 8.32. The van der Waals surface area contributed by atoms with Crippen LogP contribution in [0.5, 0.6) is 0 Å². The van der Waals surface area contributed by atoms with Gasteiger partial charge in [-0.05, 0) is 50.2 Å². The quantitative estimate of drug-likeness (QED) is 0.697. The average Bonchev–Trinajstić information content (AvgIpc) is 3.10. The lowest BCUT2D eigenvalue weighted by Gasteiger charge is -2.32. The third-order valence-electron chi connectivity index (χ3n) is 6.10. The number of hydrogen-bond donors (Lipinski definition) is 1. The van der Waals surface area contributed by atoms with Crippen molar-refractivity contribution in [3.8, 4) is 0 Å². The number of rotatable bonds is 7. The van der Waals surface area contributed by atoms with E-state index in [1.807, 2.05) is 0 Å². The van der Waals surface area contributed by atoms with E-state index in [0.717, 1.165) is 12.0 Å². The first-order valence-electron chi connectivity index (χ1n) is 11.0. The molecule has 1 fully saturated rings. The highest BCUT2D eigenvalue weighted by Crippen LogP contribution is 2.29. The van der Waals surface area contributed by atoms with Crippen molar-refractivity contribution in [3.63, 3.8) is 0 Å². The van der Waals surface area contributed by atoms with E-state index in [0.29, 0.717) is 37.4 Å². The van der Waals surface area contributed by atoms with E-state index in [1.54, 1.807) is 13.8 Å². The molecule has 1 aromatic carbocycles. The highest BCUT2D eigenvalue weighted by Gasteiger charge is 2.36. The lowest BCUT2D eigenvalue weighted by molar-refractivity contribution is -0.127.